The molecular weight excluding hydrogens is 386 g/mol. The number of carbonyl (C=O) groups is 2. The Morgan fingerprint density at radius 2 is 1.80 bits per heavy atom. The van der Waals surface area contributed by atoms with Crippen LogP contribution in [0.3, 0.4) is 0 Å². The van der Waals surface area contributed by atoms with Crippen molar-refractivity contribution in [3.63, 3.8) is 0 Å². The smallest absolute Gasteiger partial charge is 0.385 e. The highest BCUT2D eigenvalue weighted by Crippen LogP contribution is 2.23. The number of para-hydroxylation sites is 1. The van der Waals surface area contributed by atoms with E-state index in [1.165, 1.54) is 0 Å². The van der Waals surface area contributed by atoms with Crippen LogP contribution in [0, 0.1) is 13.8 Å². The number of ether oxygens (including phenoxy) is 1. The van der Waals surface area contributed by atoms with E-state index in [0.717, 1.165) is 5.69 Å². The maximum absolute atomic E-state index is 12.6. The first-order valence-corrected chi connectivity index (χ1v) is 8.27. The number of aromatic nitrogens is 3. The number of esters is 1. The molecule has 0 aliphatic heterocycles. The van der Waals surface area contributed by atoms with E-state index in [0.29, 0.717) is 16.0 Å². The second kappa shape index (κ2) is 6.98. The summed E-state index contributed by atoms with van der Waals surface area (Å²) in [5.74, 6) is -1.54. The molecule has 3 rings (SSSR count). The number of aryl methyl sites for hydroxylation is 1. The van der Waals surface area contributed by atoms with Gasteiger partial charge in [-0.05, 0) is 54.0 Å². The van der Waals surface area contributed by atoms with Gasteiger partial charge in [-0.25, -0.2) is 14.5 Å². The summed E-state index contributed by atoms with van der Waals surface area (Å²) in [6.07, 6.45) is 1.54. The van der Waals surface area contributed by atoms with Crippen molar-refractivity contribution in [3.05, 3.63) is 70.2 Å². The zero-order chi connectivity index (χ0) is 18.0. The monoisotopic (exact) mass is 399 g/mol. The zero-order valence-corrected chi connectivity index (χ0v) is 15.1. The number of carbonyl (C=O) groups excluding carboxylic acids is 2. The van der Waals surface area contributed by atoms with Crippen molar-refractivity contribution in [2.75, 3.05) is 0 Å². The van der Waals surface area contributed by atoms with Gasteiger partial charge in [0.15, 0.2) is 5.75 Å². The summed E-state index contributed by atoms with van der Waals surface area (Å²) in [4.78, 5) is 28.8. The maximum atomic E-state index is 12.6. The summed E-state index contributed by atoms with van der Waals surface area (Å²) in [5.41, 5.74) is 2.10. The van der Waals surface area contributed by atoms with Gasteiger partial charge >= 0.3 is 5.97 Å². The Hall–Kier alpha value is -2.80. The topological polar surface area (TPSA) is 74.1 Å². The fourth-order valence-corrected chi connectivity index (χ4v) is 2.82. The Labute approximate surface area is 152 Å². The van der Waals surface area contributed by atoms with E-state index < -0.39 is 11.8 Å². The number of benzene rings is 1. The van der Waals surface area contributed by atoms with Crippen LogP contribution >= 0.6 is 15.9 Å². The molecule has 7 heteroatoms. The fraction of sp³-hybridized carbons (Fsp3) is 0.111. The molecule has 0 fully saturated rings. The van der Waals surface area contributed by atoms with Gasteiger partial charge in [-0.2, -0.15) is 5.10 Å². The normalized spacial score (nSPS) is 10.5. The van der Waals surface area contributed by atoms with Gasteiger partial charge in [-0.1, -0.05) is 18.2 Å². The first kappa shape index (κ1) is 17.0. The SMILES string of the molecule is Cc1nn(-c2ccccc2)c(C)c1C(=O)C(=O)Oc1cccnc1Br. The van der Waals surface area contributed by atoms with Crippen molar-refractivity contribution in [1.82, 2.24) is 14.8 Å². The molecule has 0 spiro atoms. The largest absolute Gasteiger partial charge is 0.418 e. The van der Waals surface area contributed by atoms with Crippen LogP contribution in [-0.2, 0) is 4.79 Å². The Balaban J connectivity index is 1.91. The number of Topliss-reactive ketones (excluding diaryl/α,β-unsaturated/α-hetero) is 1. The third-order valence-corrected chi connectivity index (χ3v) is 4.23. The lowest BCUT2D eigenvalue weighted by Crippen LogP contribution is -2.22. The van der Waals surface area contributed by atoms with E-state index in [2.05, 4.69) is 26.0 Å². The van der Waals surface area contributed by atoms with Crippen molar-refractivity contribution in [1.29, 1.82) is 0 Å². The lowest BCUT2D eigenvalue weighted by molar-refractivity contribution is -0.129. The van der Waals surface area contributed by atoms with Crippen LogP contribution in [-0.4, -0.2) is 26.5 Å². The highest BCUT2D eigenvalue weighted by Gasteiger charge is 2.27. The molecule has 1 aromatic carbocycles. The van der Waals surface area contributed by atoms with Crippen LogP contribution in [0.25, 0.3) is 5.69 Å². The highest BCUT2D eigenvalue weighted by atomic mass is 79.9. The van der Waals surface area contributed by atoms with E-state index in [9.17, 15) is 9.59 Å². The lowest BCUT2D eigenvalue weighted by Gasteiger charge is -2.06. The second-order valence-electron chi connectivity index (χ2n) is 5.30. The van der Waals surface area contributed by atoms with Gasteiger partial charge in [0, 0.05) is 6.20 Å². The Morgan fingerprint density at radius 1 is 1.08 bits per heavy atom. The van der Waals surface area contributed by atoms with Gasteiger partial charge in [-0.3, -0.25) is 4.79 Å². The van der Waals surface area contributed by atoms with Crippen molar-refractivity contribution >= 4 is 27.7 Å². The van der Waals surface area contributed by atoms with Crippen LogP contribution in [0.1, 0.15) is 21.7 Å². The highest BCUT2D eigenvalue weighted by molar-refractivity contribution is 9.10. The number of hydrogen-bond acceptors (Lipinski definition) is 5. The number of nitrogens with zero attached hydrogens (tertiary/aromatic N) is 3. The molecule has 0 saturated heterocycles. The summed E-state index contributed by atoms with van der Waals surface area (Å²) < 4.78 is 7.14. The number of hydrogen-bond donors (Lipinski definition) is 0. The van der Waals surface area contributed by atoms with E-state index in [4.69, 9.17) is 4.74 Å². The van der Waals surface area contributed by atoms with E-state index in [1.54, 1.807) is 36.9 Å². The summed E-state index contributed by atoms with van der Waals surface area (Å²) in [6.45, 7) is 3.43. The number of pyridine rings is 1. The van der Waals surface area contributed by atoms with Gasteiger partial charge in [0.25, 0.3) is 5.78 Å². The second-order valence-corrected chi connectivity index (χ2v) is 6.06. The van der Waals surface area contributed by atoms with Crippen molar-refractivity contribution in [2.24, 2.45) is 0 Å². The minimum Gasteiger partial charge on any atom is -0.418 e. The molecule has 25 heavy (non-hydrogen) atoms. The summed E-state index contributed by atoms with van der Waals surface area (Å²) in [7, 11) is 0. The molecule has 0 aliphatic rings. The molecular formula is C18H14BrN3O3. The minimum absolute atomic E-state index is 0.187. The van der Waals surface area contributed by atoms with E-state index in [1.807, 2.05) is 30.3 Å². The third kappa shape index (κ3) is 3.36. The van der Waals surface area contributed by atoms with Crippen molar-refractivity contribution < 1.29 is 14.3 Å². The molecule has 3 aromatic rings. The summed E-state index contributed by atoms with van der Waals surface area (Å²) >= 11 is 3.18. The summed E-state index contributed by atoms with van der Waals surface area (Å²) in [5, 5.41) is 4.37. The van der Waals surface area contributed by atoms with Gasteiger partial charge in [0.05, 0.1) is 22.6 Å². The number of rotatable bonds is 4. The lowest BCUT2D eigenvalue weighted by atomic mass is 10.1. The Morgan fingerprint density at radius 3 is 2.48 bits per heavy atom. The van der Waals surface area contributed by atoms with Crippen molar-refractivity contribution in [3.8, 4) is 11.4 Å². The van der Waals surface area contributed by atoms with Crippen LogP contribution in [0.15, 0.2) is 53.3 Å². The fourth-order valence-electron chi connectivity index (χ4n) is 2.49. The molecule has 0 bridgehead atoms. The number of halogens is 1. The molecule has 2 aromatic heterocycles. The molecule has 0 unspecified atom stereocenters. The zero-order valence-electron chi connectivity index (χ0n) is 13.6. The van der Waals surface area contributed by atoms with Gasteiger partial charge in [0.2, 0.25) is 0 Å². The molecule has 0 radical (unpaired) electrons. The molecule has 2 heterocycles. The molecule has 126 valence electrons. The first-order chi connectivity index (χ1) is 12.0. The predicted octanol–water partition coefficient (Wildman–Crippen LogP) is 3.43. The van der Waals surface area contributed by atoms with Crippen molar-refractivity contribution in [2.45, 2.75) is 13.8 Å². The molecule has 0 saturated carbocycles. The van der Waals surface area contributed by atoms with Crippen LogP contribution in [0.2, 0.25) is 0 Å². The number of ketones is 1. The standard InChI is InChI=1S/C18H14BrN3O3/c1-11-15(12(2)22(21-11)13-7-4-3-5-8-13)16(23)18(24)25-14-9-6-10-20-17(14)19/h3-10H,1-2H3. The minimum atomic E-state index is -0.979. The first-order valence-electron chi connectivity index (χ1n) is 7.47. The van der Waals surface area contributed by atoms with Crippen LogP contribution < -0.4 is 4.74 Å². The molecule has 0 N–H and O–H groups in total. The molecule has 0 amide bonds. The average molecular weight is 400 g/mol. The maximum Gasteiger partial charge on any atom is 0.385 e. The van der Waals surface area contributed by atoms with Crippen LogP contribution in [0.5, 0.6) is 5.75 Å². The van der Waals surface area contributed by atoms with Gasteiger partial charge in [-0.15, -0.1) is 0 Å². The predicted molar refractivity (Wildman–Crippen MR) is 94.9 cm³/mol. The van der Waals surface area contributed by atoms with E-state index >= 15 is 0 Å². The van der Waals surface area contributed by atoms with Gasteiger partial charge < -0.3 is 4.74 Å². The third-order valence-electron chi connectivity index (χ3n) is 3.63. The van der Waals surface area contributed by atoms with Gasteiger partial charge in [0.1, 0.15) is 4.60 Å². The quantitative estimate of drug-likeness (QED) is 0.290. The molecule has 6 nitrogen and oxygen atoms in total. The molecule has 0 aliphatic carbocycles. The van der Waals surface area contributed by atoms with E-state index in [-0.39, 0.29) is 11.3 Å². The Kier molecular flexibility index (Phi) is 4.76. The Bertz CT molecular complexity index is 951. The molecule has 0 atom stereocenters. The van der Waals surface area contributed by atoms with Crippen LogP contribution in [0.4, 0.5) is 0 Å². The summed E-state index contributed by atoms with van der Waals surface area (Å²) in [6, 6.07) is 12.6. The average Bonchev–Trinajstić information content (AvgIpc) is 2.91.